The number of piperidine rings is 2. The molecule has 0 spiro atoms. The number of hydrogen-bond acceptors (Lipinski definition) is 6. The van der Waals surface area contributed by atoms with Gasteiger partial charge in [0.25, 0.3) is 5.91 Å². The van der Waals surface area contributed by atoms with E-state index in [0.717, 1.165) is 81.4 Å². The lowest BCUT2D eigenvalue weighted by molar-refractivity contribution is -0.137. The van der Waals surface area contributed by atoms with E-state index in [1.54, 1.807) is 4.90 Å². The fraction of sp³-hybridized carbons (Fsp3) is 0.688. The van der Waals surface area contributed by atoms with Gasteiger partial charge < -0.3 is 14.5 Å². The van der Waals surface area contributed by atoms with Crippen molar-refractivity contribution in [2.24, 2.45) is 17.8 Å². The van der Waals surface area contributed by atoms with Gasteiger partial charge in [0.2, 0.25) is 17.7 Å². The monoisotopic (exact) mass is 562 g/mol. The van der Waals surface area contributed by atoms with Crippen LogP contribution < -0.4 is 10.1 Å². The minimum atomic E-state index is -0.602. The molecule has 9 heteroatoms. The number of benzene rings is 1. The van der Waals surface area contributed by atoms with Crippen molar-refractivity contribution in [2.45, 2.75) is 95.4 Å². The lowest BCUT2D eigenvalue weighted by atomic mass is 9.77. The summed E-state index contributed by atoms with van der Waals surface area (Å²) >= 11 is 0. The second-order valence-corrected chi connectivity index (χ2v) is 13.3. The SMILES string of the molecule is O=C1CCC(N2Cc3cc(O[C@@H]4CCCC[C@H]4N4CC(C5CCN(C(=O)CC6CC6)CC5)C4)ccc3C2=O)C(=O)N1. The third kappa shape index (κ3) is 5.49. The third-order valence-electron chi connectivity index (χ3n) is 10.6. The molecule has 220 valence electrons. The molecule has 1 unspecified atom stereocenters. The molecule has 0 radical (unpaired) electrons. The lowest BCUT2D eigenvalue weighted by Crippen LogP contribution is -2.60. The van der Waals surface area contributed by atoms with Crippen molar-refractivity contribution >= 4 is 23.6 Å². The van der Waals surface area contributed by atoms with Gasteiger partial charge in [-0.3, -0.25) is 29.4 Å². The van der Waals surface area contributed by atoms with Gasteiger partial charge in [0.1, 0.15) is 17.9 Å². The van der Waals surface area contributed by atoms with E-state index in [9.17, 15) is 19.2 Å². The van der Waals surface area contributed by atoms with Gasteiger partial charge in [-0.2, -0.15) is 0 Å². The summed E-state index contributed by atoms with van der Waals surface area (Å²) in [5, 5.41) is 2.37. The van der Waals surface area contributed by atoms with E-state index < -0.39 is 6.04 Å². The van der Waals surface area contributed by atoms with Crippen molar-refractivity contribution in [2.75, 3.05) is 26.2 Å². The van der Waals surface area contributed by atoms with Crippen LogP contribution in [0.3, 0.4) is 0 Å². The number of carbonyl (C=O) groups is 4. The highest BCUT2D eigenvalue weighted by Crippen LogP contribution is 2.39. The molecule has 4 heterocycles. The Hall–Kier alpha value is -2.94. The number of nitrogens with one attached hydrogen (secondary N) is 1. The van der Waals surface area contributed by atoms with Gasteiger partial charge >= 0.3 is 0 Å². The quantitative estimate of drug-likeness (QED) is 0.513. The van der Waals surface area contributed by atoms with Gasteiger partial charge in [0.15, 0.2) is 0 Å². The molecule has 41 heavy (non-hydrogen) atoms. The molecule has 3 saturated heterocycles. The number of fused-ring (bicyclic) bond motifs is 1. The molecular weight excluding hydrogens is 520 g/mol. The summed E-state index contributed by atoms with van der Waals surface area (Å²) in [6.45, 7) is 4.49. The molecule has 1 aromatic carbocycles. The van der Waals surface area contributed by atoms with E-state index in [4.69, 9.17) is 4.74 Å². The van der Waals surface area contributed by atoms with Crippen LogP contribution in [0.2, 0.25) is 0 Å². The fourth-order valence-electron chi connectivity index (χ4n) is 7.87. The highest BCUT2D eigenvalue weighted by atomic mass is 16.5. The number of hydrogen-bond donors (Lipinski definition) is 1. The van der Waals surface area contributed by atoms with E-state index in [0.29, 0.717) is 36.4 Å². The first-order chi connectivity index (χ1) is 19.9. The van der Waals surface area contributed by atoms with Crippen molar-refractivity contribution in [1.29, 1.82) is 0 Å². The second kappa shape index (κ2) is 11.0. The molecule has 1 aromatic rings. The van der Waals surface area contributed by atoms with E-state index in [2.05, 4.69) is 15.1 Å². The average molecular weight is 563 g/mol. The van der Waals surface area contributed by atoms with Gasteiger partial charge in [-0.1, -0.05) is 6.42 Å². The van der Waals surface area contributed by atoms with Gasteiger partial charge in [0.05, 0.1) is 0 Å². The maximum Gasteiger partial charge on any atom is 0.255 e. The summed E-state index contributed by atoms with van der Waals surface area (Å²) < 4.78 is 6.62. The summed E-state index contributed by atoms with van der Waals surface area (Å²) in [5.74, 6) is 2.47. The van der Waals surface area contributed by atoms with Crippen molar-refractivity contribution in [3.8, 4) is 5.75 Å². The smallest absolute Gasteiger partial charge is 0.255 e. The Morgan fingerprint density at radius 1 is 0.927 bits per heavy atom. The highest BCUT2D eigenvalue weighted by Gasteiger charge is 2.43. The molecule has 0 aromatic heterocycles. The number of likely N-dealkylation sites (tertiary alicyclic amines) is 2. The van der Waals surface area contributed by atoms with Crippen LogP contribution in [-0.4, -0.2) is 82.7 Å². The Labute approximate surface area is 241 Å². The normalized spacial score (nSPS) is 29.8. The van der Waals surface area contributed by atoms with Crippen molar-refractivity contribution in [1.82, 2.24) is 20.0 Å². The van der Waals surface area contributed by atoms with E-state index in [-0.39, 0.29) is 30.2 Å². The zero-order valence-electron chi connectivity index (χ0n) is 23.9. The maximum absolute atomic E-state index is 13.1. The van der Waals surface area contributed by atoms with Crippen molar-refractivity contribution in [3.63, 3.8) is 0 Å². The minimum absolute atomic E-state index is 0.132. The Morgan fingerprint density at radius 2 is 1.71 bits per heavy atom. The third-order valence-corrected chi connectivity index (χ3v) is 10.6. The first-order valence-corrected chi connectivity index (χ1v) is 15.9. The van der Waals surface area contributed by atoms with Crippen molar-refractivity contribution in [3.05, 3.63) is 29.3 Å². The predicted octanol–water partition coefficient (Wildman–Crippen LogP) is 3.11. The topological polar surface area (TPSA) is 99.3 Å². The maximum atomic E-state index is 13.1. The Kier molecular flexibility index (Phi) is 7.25. The first kappa shape index (κ1) is 26.9. The van der Waals surface area contributed by atoms with Gasteiger partial charge in [-0.15, -0.1) is 0 Å². The molecule has 9 nitrogen and oxygen atoms in total. The second-order valence-electron chi connectivity index (χ2n) is 13.3. The molecule has 7 rings (SSSR count). The van der Waals surface area contributed by atoms with E-state index >= 15 is 0 Å². The number of rotatable bonds is 7. The molecule has 2 aliphatic carbocycles. The van der Waals surface area contributed by atoms with Crippen LogP contribution in [0.1, 0.15) is 86.6 Å². The zero-order valence-corrected chi connectivity index (χ0v) is 23.9. The fourth-order valence-corrected chi connectivity index (χ4v) is 7.87. The van der Waals surface area contributed by atoms with Crippen LogP contribution in [0, 0.1) is 17.8 Å². The minimum Gasteiger partial charge on any atom is -0.489 e. The number of imide groups is 1. The van der Waals surface area contributed by atoms with E-state index in [1.165, 1.54) is 25.7 Å². The Bertz CT molecular complexity index is 1220. The first-order valence-electron chi connectivity index (χ1n) is 15.9. The lowest BCUT2D eigenvalue weighted by Gasteiger charge is -2.51. The Balaban J connectivity index is 0.930. The highest BCUT2D eigenvalue weighted by molar-refractivity contribution is 6.05. The predicted molar refractivity (Wildman–Crippen MR) is 151 cm³/mol. The number of nitrogens with zero attached hydrogens (tertiary/aromatic N) is 3. The van der Waals surface area contributed by atoms with E-state index in [1.807, 2.05) is 18.2 Å². The summed E-state index contributed by atoms with van der Waals surface area (Å²) in [4.78, 5) is 55.8. The molecule has 3 atom stereocenters. The standard InChI is InChI=1S/C32H42N4O5/c37-29-10-9-27(31(39)33-29)36-19-22-16-24(7-8-25(22)32(36)40)41-28-4-2-1-3-26(28)35-17-23(18-35)21-11-13-34(14-12-21)30(38)15-20-5-6-20/h7-8,16,20-21,23,26-28H,1-6,9-15,17-19H2,(H,33,37,39)/t26-,27?,28-/m1/s1. The Morgan fingerprint density at radius 3 is 2.46 bits per heavy atom. The molecule has 6 aliphatic rings. The van der Waals surface area contributed by atoms with Crippen molar-refractivity contribution < 1.29 is 23.9 Å². The molecule has 4 amide bonds. The van der Waals surface area contributed by atoms with Gasteiger partial charge in [-0.05, 0) is 92.9 Å². The van der Waals surface area contributed by atoms with Gasteiger partial charge in [0, 0.05) is 57.2 Å². The molecule has 2 saturated carbocycles. The van der Waals surface area contributed by atoms with Crippen LogP contribution in [0.15, 0.2) is 18.2 Å². The number of amides is 4. The molecule has 5 fully saturated rings. The van der Waals surface area contributed by atoms with Gasteiger partial charge in [-0.25, -0.2) is 0 Å². The van der Waals surface area contributed by atoms with Crippen LogP contribution in [0.25, 0.3) is 0 Å². The number of ether oxygens (including phenoxy) is 1. The van der Waals surface area contributed by atoms with Crippen LogP contribution in [0.4, 0.5) is 0 Å². The van der Waals surface area contributed by atoms with Crippen LogP contribution >= 0.6 is 0 Å². The van der Waals surface area contributed by atoms with Crippen LogP contribution in [0.5, 0.6) is 5.75 Å². The molecule has 4 aliphatic heterocycles. The molecular formula is C32H42N4O5. The number of carbonyl (C=O) groups excluding carboxylic acids is 4. The summed E-state index contributed by atoms with van der Waals surface area (Å²) in [6.07, 6.45) is 10.9. The summed E-state index contributed by atoms with van der Waals surface area (Å²) in [5.41, 5.74) is 1.50. The summed E-state index contributed by atoms with van der Waals surface area (Å²) in [6, 6.07) is 5.51. The van der Waals surface area contributed by atoms with Crippen LogP contribution in [-0.2, 0) is 20.9 Å². The summed E-state index contributed by atoms with van der Waals surface area (Å²) in [7, 11) is 0. The molecule has 1 N–H and O–H groups in total. The largest absolute Gasteiger partial charge is 0.489 e. The zero-order chi connectivity index (χ0) is 28.1. The molecule has 0 bridgehead atoms. The average Bonchev–Trinajstić information content (AvgIpc) is 3.70.